The lowest BCUT2D eigenvalue weighted by atomic mass is 10.1. The minimum atomic E-state index is -0.274. The van der Waals surface area contributed by atoms with E-state index in [-0.39, 0.29) is 5.82 Å². The molecule has 4 heteroatoms. The Morgan fingerprint density at radius 3 is 2.75 bits per heavy atom. The van der Waals surface area contributed by atoms with Crippen LogP contribution in [0.5, 0.6) is 0 Å². The highest BCUT2D eigenvalue weighted by Crippen LogP contribution is 2.25. The highest BCUT2D eigenvalue weighted by Gasteiger charge is 2.09. The largest absolute Gasteiger partial charge is 0.255 e. The van der Waals surface area contributed by atoms with Gasteiger partial charge in [0, 0.05) is 17.0 Å². The van der Waals surface area contributed by atoms with E-state index in [1.54, 1.807) is 23.1 Å². The number of benzene rings is 2. The maximum Gasteiger partial charge on any atom is 0.125 e. The van der Waals surface area contributed by atoms with Gasteiger partial charge in [0.15, 0.2) is 0 Å². The fourth-order valence-electron chi connectivity index (χ4n) is 2.45. The van der Waals surface area contributed by atoms with Gasteiger partial charge in [-0.3, -0.25) is 4.98 Å². The van der Waals surface area contributed by atoms with Crippen LogP contribution in [0.3, 0.4) is 0 Å². The topological polar surface area (TPSA) is 30.7 Å². The van der Waals surface area contributed by atoms with E-state index >= 15 is 0 Å². The number of nitrogens with zero attached hydrogens (tertiary/aromatic N) is 3. The summed E-state index contributed by atoms with van der Waals surface area (Å²) in [7, 11) is 0. The molecule has 0 amide bonds. The maximum absolute atomic E-state index is 13.4. The second-order valence-corrected chi connectivity index (χ2v) is 4.62. The fourth-order valence-corrected chi connectivity index (χ4v) is 2.45. The summed E-state index contributed by atoms with van der Waals surface area (Å²) >= 11 is 0. The van der Waals surface area contributed by atoms with E-state index in [1.807, 2.05) is 30.3 Å². The van der Waals surface area contributed by atoms with Crippen LogP contribution < -0.4 is 0 Å². The van der Waals surface area contributed by atoms with Crippen LogP contribution in [0.2, 0.25) is 0 Å². The third kappa shape index (κ3) is 1.58. The minimum Gasteiger partial charge on any atom is -0.255 e. The first kappa shape index (κ1) is 11.1. The van der Waals surface area contributed by atoms with Crippen LogP contribution in [0.25, 0.3) is 27.5 Å². The van der Waals surface area contributed by atoms with E-state index in [0.29, 0.717) is 5.69 Å². The van der Waals surface area contributed by atoms with Gasteiger partial charge in [0.05, 0.1) is 22.9 Å². The summed E-state index contributed by atoms with van der Waals surface area (Å²) in [4.78, 5) is 4.41. The molecule has 0 saturated heterocycles. The third-order valence-corrected chi connectivity index (χ3v) is 3.35. The van der Waals surface area contributed by atoms with E-state index in [1.165, 1.54) is 12.1 Å². The first-order chi connectivity index (χ1) is 9.83. The predicted molar refractivity (Wildman–Crippen MR) is 76.3 cm³/mol. The second kappa shape index (κ2) is 4.13. The van der Waals surface area contributed by atoms with Crippen LogP contribution in [0.1, 0.15) is 0 Å². The van der Waals surface area contributed by atoms with Crippen LogP contribution >= 0.6 is 0 Å². The third-order valence-electron chi connectivity index (χ3n) is 3.35. The molecule has 0 unspecified atom stereocenters. The lowest BCUT2D eigenvalue weighted by molar-refractivity contribution is 0.626. The molecule has 0 N–H and O–H groups in total. The normalized spacial score (nSPS) is 11.2. The van der Waals surface area contributed by atoms with Crippen molar-refractivity contribution in [2.24, 2.45) is 0 Å². The van der Waals surface area contributed by atoms with E-state index in [2.05, 4.69) is 10.1 Å². The Morgan fingerprint density at radius 2 is 1.85 bits per heavy atom. The Bertz CT molecular complexity index is 927. The summed E-state index contributed by atoms with van der Waals surface area (Å²) < 4.78 is 15.2. The van der Waals surface area contributed by atoms with Gasteiger partial charge in [-0.15, -0.1) is 0 Å². The van der Waals surface area contributed by atoms with Crippen LogP contribution in [-0.4, -0.2) is 14.8 Å². The lowest BCUT2D eigenvalue weighted by Crippen LogP contribution is -1.97. The summed E-state index contributed by atoms with van der Waals surface area (Å²) in [6.07, 6.45) is 3.54. The zero-order valence-corrected chi connectivity index (χ0v) is 10.5. The zero-order valence-electron chi connectivity index (χ0n) is 10.5. The molecule has 0 spiro atoms. The van der Waals surface area contributed by atoms with Crippen LogP contribution in [0.15, 0.2) is 60.9 Å². The Labute approximate surface area is 114 Å². The maximum atomic E-state index is 13.4. The molecule has 4 aromatic rings. The molecule has 0 aliphatic rings. The number of rotatable bonds is 1. The zero-order chi connectivity index (χ0) is 13.5. The number of pyridine rings is 1. The first-order valence-corrected chi connectivity index (χ1v) is 6.30. The van der Waals surface area contributed by atoms with Crippen molar-refractivity contribution >= 4 is 21.8 Å². The number of para-hydroxylation sites is 1. The van der Waals surface area contributed by atoms with Gasteiger partial charge in [-0.05, 0) is 24.3 Å². The standard InChI is InChI=1S/C16H10FN3/c17-12-4-3-5-13(8-12)20-16-11(10-19-20)9-18-15-7-2-1-6-14(15)16/h1-10H. The van der Waals surface area contributed by atoms with Crippen LogP contribution in [-0.2, 0) is 0 Å². The number of halogens is 1. The first-order valence-electron chi connectivity index (χ1n) is 6.30. The van der Waals surface area contributed by atoms with Crippen molar-refractivity contribution in [3.05, 3.63) is 66.7 Å². The lowest BCUT2D eigenvalue weighted by Gasteiger charge is -2.06. The van der Waals surface area contributed by atoms with Crippen molar-refractivity contribution in [1.82, 2.24) is 14.8 Å². The monoisotopic (exact) mass is 263 g/mol. The van der Waals surface area contributed by atoms with Crippen molar-refractivity contribution in [3.63, 3.8) is 0 Å². The van der Waals surface area contributed by atoms with E-state index < -0.39 is 0 Å². The van der Waals surface area contributed by atoms with Gasteiger partial charge in [-0.25, -0.2) is 9.07 Å². The summed E-state index contributed by atoms with van der Waals surface area (Å²) in [5.74, 6) is -0.274. The van der Waals surface area contributed by atoms with E-state index in [0.717, 1.165) is 21.8 Å². The smallest absolute Gasteiger partial charge is 0.125 e. The van der Waals surface area contributed by atoms with Crippen molar-refractivity contribution in [2.45, 2.75) is 0 Å². The SMILES string of the molecule is Fc1cccc(-n2ncc3cnc4ccccc4c32)c1. The molecule has 2 aromatic carbocycles. The summed E-state index contributed by atoms with van der Waals surface area (Å²) in [5.41, 5.74) is 2.55. The van der Waals surface area contributed by atoms with Crippen LogP contribution in [0.4, 0.5) is 4.39 Å². The van der Waals surface area contributed by atoms with Gasteiger partial charge in [0.2, 0.25) is 0 Å². The molecular weight excluding hydrogens is 253 g/mol. The van der Waals surface area contributed by atoms with Gasteiger partial charge < -0.3 is 0 Å². The molecule has 4 rings (SSSR count). The van der Waals surface area contributed by atoms with Gasteiger partial charge >= 0.3 is 0 Å². The van der Waals surface area contributed by atoms with Gasteiger partial charge in [0.1, 0.15) is 5.82 Å². The molecule has 0 aliphatic carbocycles. The van der Waals surface area contributed by atoms with Crippen molar-refractivity contribution in [2.75, 3.05) is 0 Å². The Hall–Kier alpha value is -2.75. The van der Waals surface area contributed by atoms with E-state index in [4.69, 9.17) is 0 Å². The summed E-state index contributed by atoms with van der Waals surface area (Å²) in [6.45, 7) is 0. The molecule has 3 nitrogen and oxygen atoms in total. The number of fused-ring (bicyclic) bond motifs is 3. The molecule has 96 valence electrons. The predicted octanol–water partition coefficient (Wildman–Crippen LogP) is 3.71. The number of aromatic nitrogens is 3. The molecule has 0 saturated carbocycles. The number of hydrogen-bond acceptors (Lipinski definition) is 2. The molecule has 0 atom stereocenters. The minimum absolute atomic E-state index is 0.274. The Morgan fingerprint density at radius 1 is 0.950 bits per heavy atom. The van der Waals surface area contributed by atoms with E-state index in [9.17, 15) is 4.39 Å². The highest BCUT2D eigenvalue weighted by molar-refractivity contribution is 6.03. The van der Waals surface area contributed by atoms with Gasteiger partial charge in [0.25, 0.3) is 0 Å². The Balaban J connectivity index is 2.12. The molecule has 0 radical (unpaired) electrons. The second-order valence-electron chi connectivity index (χ2n) is 4.62. The Kier molecular flexibility index (Phi) is 2.29. The summed E-state index contributed by atoms with van der Waals surface area (Å²) in [5, 5.41) is 6.31. The molecule has 2 heterocycles. The van der Waals surface area contributed by atoms with Crippen molar-refractivity contribution in [1.29, 1.82) is 0 Å². The molecule has 0 aliphatic heterocycles. The van der Waals surface area contributed by atoms with Gasteiger partial charge in [-0.1, -0.05) is 24.3 Å². The number of hydrogen-bond donors (Lipinski definition) is 0. The fraction of sp³-hybridized carbons (Fsp3) is 0. The van der Waals surface area contributed by atoms with Crippen molar-refractivity contribution in [3.8, 4) is 5.69 Å². The molecular formula is C16H10FN3. The van der Waals surface area contributed by atoms with Crippen molar-refractivity contribution < 1.29 is 4.39 Å². The molecule has 2 aromatic heterocycles. The average Bonchev–Trinajstić information content (AvgIpc) is 2.91. The molecule has 20 heavy (non-hydrogen) atoms. The molecule has 0 fully saturated rings. The van der Waals surface area contributed by atoms with Crippen LogP contribution in [0, 0.1) is 5.82 Å². The highest BCUT2D eigenvalue weighted by atomic mass is 19.1. The average molecular weight is 263 g/mol. The van der Waals surface area contributed by atoms with Gasteiger partial charge in [-0.2, -0.15) is 5.10 Å². The molecule has 0 bridgehead atoms. The quantitative estimate of drug-likeness (QED) is 0.524. The summed E-state index contributed by atoms with van der Waals surface area (Å²) in [6, 6.07) is 14.3.